The number of nitrogens with zero attached hydrogens (tertiary/aromatic N) is 1. The maximum atomic E-state index is 12.8. The van der Waals surface area contributed by atoms with Gasteiger partial charge in [0.25, 0.3) is 0 Å². The van der Waals surface area contributed by atoms with E-state index in [0.29, 0.717) is 27.6 Å². The van der Waals surface area contributed by atoms with Gasteiger partial charge < -0.3 is 15.3 Å². The molecule has 1 aliphatic carbocycles. The van der Waals surface area contributed by atoms with Crippen molar-refractivity contribution in [2.45, 2.75) is 5.92 Å². The average molecular weight is 423 g/mol. The Morgan fingerprint density at radius 2 is 1.31 bits per heavy atom. The lowest BCUT2D eigenvalue weighted by Crippen LogP contribution is -2.14. The number of aromatic hydroxyl groups is 3. The monoisotopic (exact) mass is 423 g/mol. The summed E-state index contributed by atoms with van der Waals surface area (Å²) in [7, 11) is 0. The number of phenols is 2. The molecule has 0 saturated heterocycles. The van der Waals surface area contributed by atoms with Gasteiger partial charge in [-0.1, -0.05) is 48.6 Å². The highest BCUT2D eigenvalue weighted by molar-refractivity contribution is 6.29. The molecule has 4 aromatic rings. The number of hydrogen-bond acceptors (Lipinski definition) is 6. The van der Waals surface area contributed by atoms with Crippen molar-refractivity contribution in [1.82, 2.24) is 4.98 Å². The molecule has 1 aliphatic rings. The Hall–Kier alpha value is -4.45. The fraction of sp³-hybridized carbons (Fsp3) is 0.0385. The zero-order valence-electron chi connectivity index (χ0n) is 16.7. The topological polar surface area (TPSA) is 108 Å². The van der Waals surface area contributed by atoms with Crippen LogP contribution >= 0.6 is 0 Å². The Bertz CT molecular complexity index is 1420. The molecule has 0 unspecified atom stereocenters. The van der Waals surface area contributed by atoms with Crippen molar-refractivity contribution in [1.29, 1.82) is 0 Å². The van der Waals surface area contributed by atoms with E-state index in [1.54, 1.807) is 42.5 Å². The van der Waals surface area contributed by atoms with Gasteiger partial charge in [-0.25, -0.2) is 4.98 Å². The predicted octanol–water partition coefficient (Wildman–Crippen LogP) is 4.68. The minimum atomic E-state index is -1.14. The standard InChI is InChI=1S/C26H17NO5/c28-20-10-8-15(12-21(20)29)6-5-14-7-9-19-16(11-14)13-22(30)24(27-19)23-25(31)17-3-1-2-4-18(17)26(23)32/h1-13,23,28-30H/b6-5+. The van der Waals surface area contributed by atoms with Crippen molar-refractivity contribution in [3.63, 3.8) is 0 Å². The number of Topliss-reactive ketones (excluding diaryl/α,β-unsaturated/α-hetero) is 2. The maximum Gasteiger partial charge on any atom is 0.180 e. The van der Waals surface area contributed by atoms with E-state index in [1.807, 2.05) is 18.2 Å². The van der Waals surface area contributed by atoms with Crippen molar-refractivity contribution in [3.8, 4) is 17.2 Å². The summed E-state index contributed by atoms with van der Waals surface area (Å²) in [5, 5.41) is 30.3. The molecule has 0 spiro atoms. The summed E-state index contributed by atoms with van der Waals surface area (Å²) in [6.07, 6.45) is 3.59. The van der Waals surface area contributed by atoms with E-state index >= 15 is 0 Å². The number of fused-ring (bicyclic) bond motifs is 2. The molecule has 1 aromatic heterocycles. The Morgan fingerprint density at radius 3 is 1.97 bits per heavy atom. The summed E-state index contributed by atoms with van der Waals surface area (Å²) in [4.78, 5) is 30.0. The molecule has 6 heteroatoms. The van der Waals surface area contributed by atoms with E-state index in [2.05, 4.69) is 4.98 Å². The molecule has 0 amide bonds. The van der Waals surface area contributed by atoms with Crippen LogP contribution < -0.4 is 0 Å². The largest absolute Gasteiger partial charge is 0.506 e. The average Bonchev–Trinajstić information content (AvgIpc) is 3.04. The SMILES string of the molecule is O=C1c2ccccc2C(=O)C1c1nc2ccc(/C=C/c3ccc(O)c(O)c3)cc2cc1O. The second-order valence-corrected chi connectivity index (χ2v) is 7.63. The first-order valence-electron chi connectivity index (χ1n) is 9.93. The Labute approximate surface area is 182 Å². The van der Waals surface area contributed by atoms with Gasteiger partial charge in [0.1, 0.15) is 17.4 Å². The van der Waals surface area contributed by atoms with Gasteiger partial charge >= 0.3 is 0 Å². The summed E-state index contributed by atoms with van der Waals surface area (Å²) >= 11 is 0. The fourth-order valence-electron chi connectivity index (χ4n) is 3.94. The number of hydrogen-bond donors (Lipinski definition) is 3. The first-order chi connectivity index (χ1) is 15.4. The van der Waals surface area contributed by atoms with Crippen molar-refractivity contribution in [2.75, 3.05) is 0 Å². The van der Waals surface area contributed by atoms with Crippen LogP contribution in [0.4, 0.5) is 0 Å². The van der Waals surface area contributed by atoms with Crippen molar-refractivity contribution in [3.05, 3.63) is 94.7 Å². The highest BCUT2D eigenvalue weighted by atomic mass is 16.3. The lowest BCUT2D eigenvalue weighted by molar-refractivity contribution is 0.0886. The van der Waals surface area contributed by atoms with Gasteiger partial charge in [0.2, 0.25) is 0 Å². The molecule has 0 radical (unpaired) electrons. The van der Waals surface area contributed by atoms with Crippen LogP contribution in [0.2, 0.25) is 0 Å². The molecular formula is C26H17NO5. The minimum absolute atomic E-state index is 0.0616. The number of carbonyl (C=O) groups is 2. The molecule has 3 aromatic carbocycles. The lowest BCUT2D eigenvalue weighted by atomic mass is 9.97. The molecule has 0 bridgehead atoms. The zero-order valence-corrected chi connectivity index (χ0v) is 16.7. The number of pyridine rings is 1. The minimum Gasteiger partial charge on any atom is -0.506 e. The van der Waals surface area contributed by atoms with Gasteiger partial charge in [-0.3, -0.25) is 9.59 Å². The van der Waals surface area contributed by atoms with Gasteiger partial charge in [0.15, 0.2) is 23.1 Å². The van der Waals surface area contributed by atoms with Gasteiger partial charge in [-0.05, 0) is 41.5 Å². The Balaban J connectivity index is 1.49. The van der Waals surface area contributed by atoms with Crippen LogP contribution in [0.5, 0.6) is 17.2 Å². The second-order valence-electron chi connectivity index (χ2n) is 7.63. The summed E-state index contributed by atoms with van der Waals surface area (Å²) < 4.78 is 0. The van der Waals surface area contributed by atoms with Crippen LogP contribution in [-0.2, 0) is 0 Å². The van der Waals surface area contributed by atoms with Gasteiger partial charge in [-0.2, -0.15) is 0 Å². The first-order valence-corrected chi connectivity index (χ1v) is 9.93. The molecule has 32 heavy (non-hydrogen) atoms. The van der Waals surface area contributed by atoms with Gasteiger partial charge in [0.05, 0.1) is 5.52 Å². The summed E-state index contributed by atoms with van der Waals surface area (Å²) in [5.74, 6) is -2.45. The van der Waals surface area contributed by atoms with Gasteiger partial charge in [0, 0.05) is 16.5 Å². The maximum absolute atomic E-state index is 12.8. The first kappa shape index (κ1) is 19.5. The van der Waals surface area contributed by atoms with E-state index < -0.39 is 5.92 Å². The summed E-state index contributed by atoms with van der Waals surface area (Å²) in [5.41, 5.74) is 2.84. The van der Waals surface area contributed by atoms with Crippen molar-refractivity contribution >= 4 is 34.6 Å². The predicted molar refractivity (Wildman–Crippen MR) is 120 cm³/mol. The third kappa shape index (κ3) is 3.18. The highest BCUT2D eigenvalue weighted by Gasteiger charge is 2.41. The molecular weight excluding hydrogens is 406 g/mol. The van der Waals surface area contributed by atoms with E-state index in [4.69, 9.17) is 0 Å². The third-order valence-corrected chi connectivity index (χ3v) is 5.57. The zero-order chi connectivity index (χ0) is 22.4. The van der Waals surface area contributed by atoms with E-state index in [-0.39, 0.29) is 34.5 Å². The van der Waals surface area contributed by atoms with Crippen LogP contribution in [0, 0.1) is 0 Å². The number of rotatable bonds is 3. The van der Waals surface area contributed by atoms with Crippen LogP contribution in [-0.4, -0.2) is 31.9 Å². The molecule has 3 N–H and O–H groups in total. The molecule has 156 valence electrons. The van der Waals surface area contributed by atoms with Gasteiger partial charge in [-0.15, -0.1) is 0 Å². The van der Waals surface area contributed by atoms with Crippen molar-refractivity contribution in [2.24, 2.45) is 0 Å². The number of phenolic OH excluding ortho intramolecular Hbond substituents is 2. The van der Waals surface area contributed by atoms with Crippen LogP contribution in [0.3, 0.4) is 0 Å². The summed E-state index contributed by atoms with van der Waals surface area (Å²) in [6.45, 7) is 0. The van der Waals surface area contributed by atoms with Crippen LogP contribution in [0.25, 0.3) is 23.1 Å². The lowest BCUT2D eigenvalue weighted by Gasteiger charge is -2.11. The number of carbonyl (C=O) groups excluding carboxylic acids is 2. The molecule has 0 fully saturated rings. The number of ketones is 2. The molecule has 1 heterocycles. The molecule has 6 nitrogen and oxygen atoms in total. The van der Waals surface area contributed by atoms with Crippen LogP contribution in [0.1, 0.15) is 43.5 Å². The summed E-state index contributed by atoms with van der Waals surface area (Å²) in [6, 6.07) is 18.0. The Morgan fingerprint density at radius 1 is 0.688 bits per heavy atom. The number of benzene rings is 3. The molecule has 0 aliphatic heterocycles. The molecule has 0 atom stereocenters. The smallest absolute Gasteiger partial charge is 0.180 e. The van der Waals surface area contributed by atoms with E-state index in [1.165, 1.54) is 18.2 Å². The normalized spacial score (nSPS) is 13.9. The highest BCUT2D eigenvalue weighted by Crippen LogP contribution is 2.38. The number of aromatic nitrogens is 1. The Kier molecular flexibility index (Phi) is 4.48. The molecule has 5 rings (SSSR count). The van der Waals surface area contributed by atoms with E-state index in [0.717, 1.165) is 5.56 Å². The van der Waals surface area contributed by atoms with Crippen molar-refractivity contribution < 1.29 is 24.9 Å². The third-order valence-electron chi connectivity index (χ3n) is 5.57. The molecule has 0 saturated carbocycles. The second kappa shape index (κ2) is 7.35. The van der Waals surface area contributed by atoms with E-state index in [9.17, 15) is 24.9 Å². The fourth-order valence-corrected chi connectivity index (χ4v) is 3.94. The van der Waals surface area contributed by atoms with Crippen LogP contribution in [0.15, 0.2) is 66.7 Å². The quantitative estimate of drug-likeness (QED) is 0.251.